The second kappa shape index (κ2) is 10.8. The Morgan fingerprint density at radius 2 is 1.94 bits per heavy atom. The smallest absolute Gasteiger partial charge is 0.258 e. The quantitative estimate of drug-likeness (QED) is 0.335. The van der Waals surface area contributed by atoms with Crippen molar-refractivity contribution >= 4 is 22.9 Å². The van der Waals surface area contributed by atoms with Crippen LogP contribution in [-0.4, -0.2) is 47.0 Å². The minimum absolute atomic E-state index is 0.199. The highest BCUT2D eigenvalue weighted by atomic mass is 32.1. The second-order valence-corrected chi connectivity index (χ2v) is 8.54. The third-order valence-electron chi connectivity index (χ3n) is 5.87. The lowest BCUT2D eigenvalue weighted by molar-refractivity contribution is 0.141. The first kappa shape index (κ1) is 23.9. The fraction of sp³-hybridized carbons (Fsp3) is 0.346. The Morgan fingerprint density at radius 1 is 1.15 bits per heavy atom. The van der Waals surface area contributed by atoms with Gasteiger partial charge in [-0.25, -0.2) is 0 Å². The van der Waals surface area contributed by atoms with E-state index in [2.05, 4.69) is 53.5 Å². The van der Waals surface area contributed by atoms with Gasteiger partial charge in [0.05, 0.1) is 18.7 Å². The number of nitrogens with one attached hydrogen (secondary N) is 1. The highest BCUT2D eigenvalue weighted by molar-refractivity contribution is 7.80. The zero-order chi connectivity index (χ0) is 24.1. The molecular formula is C26H30N4O3S. The third-order valence-corrected chi connectivity index (χ3v) is 6.20. The number of aromatic nitrogens is 2. The number of allylic oxidation sites excluding steroid dienone is 1. The predicted molar refractivity (Wildman–Crippen MR) is 136 cm³/mol. The van der Waals surface area contributed by atoms with Crippen LogP contribution in [0.1, 0.15) is 43.3 Å². The van der Waals surface area contributed by atoms with Gasteiger partial charge in [0.15, 0.2) is 5.11 Å². The van der Waals surface area contributed by atoms with Crippen LogP contribution in [0.3, 0.4) is 0 Å². The lowest BCUT2D eigenvalue weighted by Crippen LogP contribution is -2.46. The Morgan fingerprint density at radius 3 is 2.68 bits per heavy atom. The third kappa shape index (κ3) is 5.13. The van der Waals surface area contributed by atoms with Gasteiger partial charge in [-0.3, -0.25) is 0 Å². The van der Waals surface area contributed by atoms with Gasteiger partial charge in [-0.05, 0) is 57.1 Å². The van der Waals surface area contributed by atoms with Gasteiger partial charge in [0.1, 0.15) is 5.75 Å². The molecule has 3 aromatic rings. The monoisotopic (exact) mass is 478 g/mol. The van der Waals surface area contributed by atoms with E-state index in [0.29, 0.717) is 30.0 Å². The molecule has 0 spiro atoms. The standard InChI is InChI=1S/C26H30N4O3S/c1-5-32-15-7-14-30-18(3)22(23(27-26(30)34)19-12-10-17(2)11-13-19)25-28-24(29-33-25)20-8-6-9-21(16-20)31-4/h6,8-13,16,23H,5,7,14-15H2,1-4H3,(H,27,34). The number of aryl methyl sites for hydroxylation is 1. The maximum Gasteiger partial charge on any atom is 0.258 e. The predicted octanol–water partition coefficient (Wildman–Crippen LogP) is 5.14. The number of methoxy groups -OCH3 is 1. The number of rotatable bonds is 9. The summed E-state index contributed by atoms with van der Waals surface area (Å²) >= 11 is 5.76. The zero-order valence-electron chi connectivity index (χ0n) is 20.0. The van der Waals surface area contributed by atoms with Crippen LogP contribution in [0.2, 0.25) is 0 Å². The van der Waals surface area contributed by atoms with Gasteiger partial charge in [0.2, 0.25) is 5.82 Å². The van der Waals surface area contributed by atoms with Gasteiger partial charge in [0, 0.05) is 31.0 Å². The van der Waals surface area contributed by atoms with Gasteiger partial charge < -0.3 is 24.2 Å². The molecule has 1 atom stereocenters. The van der Waals surface area contributed by atoms with Crippen LogP contribution >= 0.6 is 12.2 Å². The summed E-state index contributed by atoms with van der Waals surface area (Å²) in [6.45, 7) is 8.24. The van der Waals surface area contributed by atoms with Gasteiger partial charge in [0.25, 0.3) is 5.89 Å². The highest BCUT2D eigenvalue weighted by Gasteiger charge is 2.33. The summed E-state index contributed by atoms with van der Waals surface area (Å²) in [5.74, 6) is 1.71. The number of thiocarbonyl (C=S) groups is 1. The van der Waals surface area contributed by atoms with Gasteiger partial charge in [-0.1, -0.05) is 47.1 Å². The molecule has 1 aliphatic rings. The summed E-state index contributed by atoms with van der Waals surface area (Å²) in [7, 11) is 1.64. The van der Waals surface area contributed by atoms with Crippen molar-refractivity contribution in [2.24, 2.45) is 0 Å². The molecule has 4 rings (SSSR count). The number of nitrogens with zero attached hydrogens (tertiary/aromatic N) is 3. The average molecular weight is 479 g/mol. The van der Waals surface area contributed by atoms with E-state index in [0.717, 1.165) is 41.1 Å². The molecule has 0 saturated heterocycles. The van der Waals surface area contributed by atoms with E-state index in [4.69, 9.17) is 31.2 Å². The first-order valence-corrected chi connectivity index (χ1v) is 11.8. The Kier molecular flexibility index (Phi) is 7.59. The van der Waals surface area contributed by atoms with Crippen LogP contribution in [0.25, 0.3) is 17.0 Å². The lowest BCUT2D eigenvalue weighted by Gasteiger charge is -2.37. The molecule has 0 fully saturated rings. The van der Waals surface area contributed by atoms with E-state index in [9.17, 15) is 0 Å². The van der Waals surface area contributed by atoms with Crippen molar-refractivity contribution in [3.8, 4) is 17.1 Å². The largest absolute Gasteiger partial charge is 0.497 e. The lowest BCUT2D eigenvalue weighted by atomic mass is 9.94. The summed E-state index contributed by atoms with van der Waals surface area (Å²) < 4.78 is 16.7. The minimum Gasteiger partial charge on any atom is -0.497 e. The van der Waals surface area contributed by atoms with Crippen LogP contribution in [0.5, 0.6) is 5.75 Å². The molecule has 0 amide bonds. The summed E-state index contributed by atoms with van der Waals surface area (Å²) in [6, 6.07) is 15.8. The van der Waals surface area contributed by atoms with E-state index < -0.39 is 0 Å². The first-order valence-electron chi connectivity index (χ1n) is 11.4. The molecule has 7 nitrogen and oxygen atoms in total. The summed E-state index contributed by atoms with van der Waals surface area (Å²) in [4.78, 5) is 6.85. The van der Waals surface area contributed by atoms with E-state index in [1.807, 2.05) is 31.2 Å². The van der Waals surface area contributed by atoms with Crippen LogP contribution in [0, 0.1) is 6.92 Å². The molecule has 0 saturated carbocycles. The number of hydrogen-bond acceptors (Lipinski definition) is 6. The Labute approximate surface area is 205 Å². The van der Waals surface area contributed by atoms with E-state index in [1.54, 1.807) is 7.11 Å². The van der Waals surface area contributed by atoms with E-state index >= 15 is 0 Å². The number of benzene rings is 2. The van der Waals surface area contributed by atoms with Crippen molar-refractivity contribution < 1.29 is 14.0 Å². The normalized spacial score (nSPS) is 16.1. The van der Waals surface area contributed by atoms with Gasteiger partial charge >= 0.3 is 0 Å². The molecule has 34 heavy (non-hydrogen) atoms. The Bertz CT molecular complexity index is 1170. The number of hydrogen-bond donors (Lipinski definition) is 1. The summed E-state index contributed by atoms with van der Waals surface area (Å²) in [5, 5.41) is 8.45. The topological polar surface area (TPSA) is 72.7 Å². The van der Waals surface area contributed by atoms with Crippen LogP contribution in [0.15, 0.2) is 58.8 Å². The van der Waals surface area contributed by atoms with Crippen molar-refractivity contribution in [3.05, 3.63) is 71.2 Å². The molecular weight excluding hydrogens is 448 g/mol. The van der Waals surface area contributed by atoms with Crippen LogP contribution in [0.4, 0.5) is 0 Å². The minimum atomic E-state index is -0.199. The fourth-order valence-electron chi connectivity index (χ4n) is 4.02. The summed E-state index contributed by atoms with van der Waals surface area (Å²) in [5.41, 5.74) is 5.01. The van der Waals surface area contributed by atoms with Gasteiger partial charge in [-0.2, -0.15) is 4.98 Å². The Hall–Kier alpha value is -3.23. The number of ether oxygens (including phenoxy) is 2. The second-order valence-electron chi connectivity index (χ2n) is 8.15. The molecule has 2 heterocycles. The highest BCUT2D eigenvalue weighted by Crippen LogP contribution is 2.37. The molecule has 0 aliphatic carbocycles. The molecule has 8 heteroatoms. The van der Waals surface area contributed by atoms with Crippen molar-refractivity contribution in [1.82, 2.24) is 20.4 Å². The van der Waals surface area contributed by atoms with Crippen molar-refractivity contribution in [3.63, 3.8) is 0 Å². The van der Waals surface area contributed by atoms with Crippen molar-refractivity contribution in [2.75, 3.05) is 26.9 Å². The maximum atomic E-state index is 5.81. The van der Waals surface area contributed by atoms with E-state index in [1.165, 1.54) is 5.56 Å². The van der Waals surface area contributed by atoms with Crippen molar-refractivity contribution in [1.29, 1.82) is 0 Å². The SMILES string of the molecule is CCOCCCN1C(=S)NC(c2ccc(C)cc2)C(c2nc(-c3cccc(OC)c3)no2)=C1C. The molecule has 1 aromatic heterocycles. The fourth-order valence-corrected chi connectivity index (χ4v) is 4.36. The molecule has 0 bridgehead atoms. The van der Waals surface area contributed by atoms with Crippen molar-refractivity contribution in [2.45, 2.75) is 33.2 Å². The van der Waals surface area contributed by atoms with Crippen LogP contribution < -0.4 is 10.1 Å². The average Bonchev–Trinajstić information content (AvgIpc) is 3.33. The first-order chi connectivity index (χ1) is 16.5. The molecule has 1 aliphatic heterocycles. The van der Waals surface area contributed by atoms with Crippen LogP contribution in [-0.2, 0) is 4.74 Å². The van der Waals surface area contributed by atoms with Gasteiger partial charge in [-0.15, -0.1) is 0 Å². The molecule has 178 valence electrons. The molecule has 2 aromatic carbocycles. The molecule has 1 N–H and O–H groups in total. The Balaban J connectivity index is 1.73. The van der Waals surface area contributed by atoms with E-state index in [-0.39, 0.29) is 6.04 Å². The molecule has 1 unspecified atom stereocenters. The maximum absolute atomic E-state index is 5.81. The zero-order valence-corrected chi connectivity index (χ0v) is 20.8. The summed E-state index contributed by atoms with van der Waals surface area (Å²) in [6.07, 6.45) is 0.856. The molecule has 0 radical (unpaired) electrons.